The molecule has 0 saturated carbocycles. The first-order chi connectivity index (χ1) is 9.16. The van der Waals surface area contributed by atoms with Gasteiger partial charge >= 0.3 is 6.18 Å². The molecule has 3 nitrogen and oxygen atoms in total. The highest BCUT2D eigenvalue weighted by Gasteiger charge is 2.32. The van der Waals surface area contributed by atoms with Gasteiger partial charge in [0.15, 0.2) is 0 Å². The number of fused-ring (bicyclic) bond motifs is 1. The molecule has 0 atom stereocenters. The molecule has 0 fully saturated rings. The number of aryl methyl sites for hydroxylation is 1. The van der Waals surface area contributed by atoms with E-state index in [2.05, 4.69) is 10.3 Å². The number of imidazole rings is 1. The number of hydrogen-bond donors (Lipinski definition) is 1. The highest BCUT2D eigenvalue weighted by atomic mass is 19.4. The molecule has 0 aliphatic carbocycles. The quantitative estimate of drug-likeness (QED) is 0.936. The van der Waals surface area contributed by atoms with Crippen LogP contribution in [-0.4, -0.2) is 16.1 Å². The maximum Gasteiger partial charge on any atom is 0.416 e. The number of halogens is 3. The zero-order valence-corrected chi connectivity index (χ0v) is 12.0. The molecule has 0 spiro atoms. The van der Waals surface area contributed by atoms with Gasteiger partial charge in [-0.05, 0) is 38.6 Å². The highest BCUT2D eigenvalue weighted by Crippen LogP contribution is 2.32. The summed E-state index contributed by atoms with van der Waals surface area (Å²) < 4.78 is 40.0. The Morgan fingerprint density at radius 3 is 2.45 bits per heavy atom. The lowest BCUT2D eigenvalue weighted by molar-refractivity contribution is -0.137. The standard InChI is InChI=1S/C14H18F3N3/c1-5-18-13(2,3)12-19-10-8-9(14(15,16)17)6-7-11(10)20(12)4/h6-8,18H,5H2,1-4H3. The van der Waals surface area contributed by atoms with Crippen molar-refractivity contribution in [3.63, 3.8) is 0 Å². The fourth-order valence-corrected chi connectivity index (χ4v) is 2.46. The maximum atomic E-state index is 12.7. The normalized spacial score (nSPS) is 13.2. The van der Waals surface area contributed by atoms with Crippen LogP contribution in [0.2, 0.25) is 0 Å². The van der Waals surface area contributed by atoms with E-state index in [1.54, 1.807) is 0 Å². The van der Waals surface area contributed by atoms with Crippen molar-refractivity contribution in [1.29, 1.82) is 0 Å². The number of nitrogens with one attached hydrogen (secondary N) is 1. The molecule has 1 heterocycles. The molecule has 0 saturated heterocycles. The summed E-state index contributed by atoms with van der Waals surface area (Å²) in [5, 5.41) is 3.28. The van der Waals surface area contributed by atoms with Crippen LogP contribution in [-0.2, 0) is 18.8 Å². The predicted octanol–water partition coefficient (Wildman–Crippen LogP) is 3.44. The fraction of sp³-hybridized carbons (Fsp3) is 0.500. The van der Waals surface area contributed by atoms with Gasteiger partial charge in [-0.3, -0.25) is 0 Å². The SMILES string of the molecule is CCNC(C)(C)c1nc2cc(C(F)(F)F)ccc2n1C. The number of alkyl halides is 3. The lowest BCUT2D eigenvalue weighted by atomic mass is 10.1. The Morgan fingerprint density at radius 2 is 1.90 bits per heavy atom. The molecule has 1 aromatic heterocycles. The van der Waals surface area contributed by atoms with E-state index in [0.29, 0.717) is 16.9 Å². The van der Waals surface area contributed by atoms with Gasteiger partial charge in [-0.2, -0.15) is 13.2 Å². The molecule has 1 N–H and O–H groups in total. The summed E-state index contributed by atoms with van der Waals surface area (Å²) in [7, 11) is 1.82. The minimum absolute atomic E-state index is 0.364. The second-order valence-corrected chi connectivity index (χ2v) is 5.35. The van der Waals surface area contributed by atoms with Crippen molar-refractivity contribution in [1.82, 2.24) is 14.9 Å². The topological polar surface area (TPSA) is 29.9 Å². The van der Waals surface area contributed by atoms with Gasteiger partial charge in [-0.15, -0.1) is 0 Å². The van der Waals surface area contributed by atoms with Crippen molar-refractivity contribution in [2.45, 2.75) is 32.5 Å². The number of rotatable bonds is 3. The van der Waals surface area contributed by atoms with Gasteiger partial charge in [0.05, 0.1) is 22.1 Å². The van der Waals surface area contributed by atoms with E-state index >= 15 is 0 Å². The summed E-state index contributed by atoms with van der Waals surface area (Å²) >= 11 is 0. The van der Waals surface area contributed by atoms with Gasteiger partial charge in [0.2, 0.25) is 0 Å². The van der Waals surface area contributed by atoms with Gasteiger partial charge < -0.3 is 9.88 Å². The van der Waals surface area contributed by atoms with Crippen molar-refractivity contribution in [3.05, 3.63) is 29.6 Å². The van der Waals surface area contributed by atoms with Crippen LogP contribution in [0.25, 0.3) is 11.0 Å². The van der Waals surface area contributed by atoms with Crippen LogP contribution in [0, 0.1) is 0 Å². The van der Waals surface area contributed by atoms with Crippen LogP contribution < -0.4 is 5.32 Å². The van der Waals surface area contributed by atoms with Crippen LogP contribution in [0.3, 0.4) is 0 Å². The summed E-state index contributed by atoms with van der Waals surface area (Å²) in [4.78, 5) is 4.38. The molecule has 20 heavy (non-hydrogen) atoms. The van der Waals surface area contributed by atoms with E-state index in [0.717, 1.165) is 18.7 Å². The summed E-state index contributed by atoms with van der Waals surface area (Å²) in [6.45, 7) is 6.65. The third-order valence-electron chi connectivity index (χ3n) is 3.39. The molecule has 2 aromatic rings. The Kier molecular flexibility index (Phi) is 3.54. The zero-order chi connectivity index (χ0) is 15.1. The van der Waals surface area contributed by atoms with E-state index in [1.807, 2.05) is 32.4 Å². The molecule has 0 bridgehead atoms. The molecular weight excluding hydrogens is 267 g/mol. The monoisotopic (exact) mass is 285 g/mol. The van der Waals surface area contributed by atoms with Crippen molar-refractivity contribution < 1.29 is 13.2 Å². The van der Waals surface area contributed by atoms with Gasteiger partial charge in [-0.25, -0.2) is 4.98 Å². The third-order valence-corrected chi connectivity index (χ3v) is 3.39. The van der Waals surface area contributed by atoms with Crippen LogP contribution in [0.5, 0.6) is 0 Å². The number of aromatic nitrogens is 2. The number of nitrogens with zero attached hydrogens (tertiary/aromatic N) is 2. The summed E-state index contributed by atoms with van der Waals surface area (Å²) in [5.74, 6) is 0.716. The van der Waals surface area contributed by atoms with E-state index in [-0.39, 0.29) is 0 Å². The molecule has 0 aliphatic rings. The van der Waals surface area contributed by atoms with Gasteiger partial charge in [-0.1, -0.05) is 6.92 Å². The number of hydrogen-bond acceptors (Lipinski definition) is 2. The van der Waals surface area contributed by atoms with Crippen molar-refractivity contribution in [2.24, 2.45) is 7.05 Å². The van der Waals surface area contributed by atoms with Crippen molar-refractivity contribution >= 4 is 11.0 Å². The maximum absolute atomic E-state index is 12.7. The second-order valence-electron chi connectivity index (χ2n) is 5.35. The Balaban J connectivity index is 2.58. The van der Waals surface area contributed by atoms with Gasteiger partial charge in [0.25, 0.3) is 0 Å². The Bertz CT molecular complexity index is 626. The summed E-state index contributed by atoms with van der Waals surface area (Å²) in [6, 6.07) is 3.66. The molecule has 0 aliphatic heterocycles. The van der Waals surface area contributed by atoms with Gasteiger partial charge in [0, 0.05) is 7.05 Å². The lowest BCUT2D eigenvalue weighted by Gasteiger charge is -2.25. The minimum Gasteiger partial charge on any atom is -0.330 e. The Hall–Kier alpha value is -1.56. The summed E-state index contributed by atoms with van der Waals surface area (Å²) in [5.41, 5.74) is -0.0147. The zero-order valence-electron chi connectivity index (χ0n) is 12.0. The third kappa shape index (κ3) is 2.52. The second kappa shape index (κ2) is 4.77. The van der Waals surface area contributed by atoms with E-state index in [4.69, 9.17) is 0 Å². The molecule has 0 amide bonds. The van der Waals surface area contributed by atoms with E-state index < -0.39 is 17.3 Å². The minimum atomic E-state index is -4.34. The largest absolute Gasteiger partial charge is 0.416 e. The first-order valence-electron chi connectivity index (χ1n) is 6.46. The summed E-state index contributed by atoms with van der Waals surface area (Å²) in [6.07, 6.45) is -4.34. The highest BCUT2D eigenvalue weighted by molar-refractivity contribution is 5.77. The molecule has 2 rings (SSSR count). The number of benzene rings is 1. The Labute approximate surface area is 115 Å². The van der Waals surface area contributed by atoms with Gasteiger partial charge in [0.1, 0.15) is 5.82 Å². The smallest absolute Gasteiger partial charge is 0.330 e. The molecule has 110 valence electrons. The average molecular weight is 285 g/mol. The van der Waals surface area contributed by atoms with Crippen LogP contribution >= 0.6 is 0 Å². The van der Waals surface area contributed by atoms with E-state index in [1.165, 1.54) is 6.07 Å². The molecule has 0 unspecified atom stereocenters. The first kappa shape index (κ1) is 14.8. The lowest BCUT2D eigenvalue weighted by Crippen LogP contribution is -2.38. The van der Waals surface area contributed by atoms with Crippen molar-refractivity contribution in [3.8, 4) is 0 Å². The Morgan fingerprint density at radius 1 is 1.25 bits per heavy atom. The predicted molar refractivity (Wildman–Crippen MR) is 72.4 cm³/mol. The van der Waals surface area contributed by atoms with Crippen molar-refractivity contribution in [2.75, 3.05) is 6.54 Å². The molecule has 6 heteroatoms. The van der Waals surface area contributed by atoms with Crippen LogP contribution in [0.15, 0.2) is 18.2 Å². The fourth-order valence-electron chi connectivity index (χ4n) is 2.46. The van der Waals surface area contributed by atoms with Crippen LogP contribution in [0.1, 0.15) is 32.2 Å². The molecular formula is C14H18F3N3. The molecule has 0 radical (unpaired) electrons. The van der Waals surface area contributed by atoms with E-state index in [9.17, 15) is 13.2 Å². The average Bonchev–Trinajstić information content (AvgIpc) is 2.66. The molecule has 1 aromatic carbocycles. The first-order valence-corrected chi connectivity index (χ1v) is 6.46. The van der Waals surface area contributed by atoms with Crippen LogP contribution in [0.4, 0.5) is 13.2 Å².